The van der Waals surface area contributed by atoms with E-state index in [0.717, 1.165) is 18.4 Å². The topological polar surface area (TPSA) is 68.4 Å². The molecule has 1 unspecified atom stereocenters. The van der Waals surface area contributed by atoms with E-state index in [0.29, 0.717) is 43.3 Å². The zero-order chi connectivity index (χ0) is 18.3. The Hall–Kier alpha value is -2.41. The lowest BCUT2D eigenvalue weighted by Gasteiger charge is -2.37. The summed E-state index contributed by atoms with van der Waals surface area (Å²) in [5.74, 6) is -0.330. The Morgan fingerprint density at radius 2 is 1.92 bits per heavy atom. The van der Waals surface area contributed by atoms with Crippen molar-refractivity contribution in [2.24, 2.45) is 0 Å². The van der Waals surface area contributed by atoms with Gasteiger partial charge in [-0.2, -0.15) is 0 Å². The molecule has 7 heteroatoms. The Kier molecular flexibility index (Phi) is 4.40. The standard InChI is InChI=1S/C19H23FN4O2/c1-12(18(25)21-15-3-4-15)23-6-8-24(9-7-23)19(26)17-11-13-10-14(20)2-5-16(13)22-17/h2,5,10-12,15,22H,3-4,6-9H2,1H3,(H,21,25). The van der Waals surface area contributed by atoms with Gasteiger partial charge in [-0.15, -0.1) is 0 Å². The molecule has 2 N–H and O–H groups in total. The number of hydrogen-bond donors (Lipinski definition) is 2. The number of carbonyl (C=O) groups is 2. The summed E-state index contributed by atoms with van der Waals surface area (Å²) in [6.07, 6.45) is 2.16. The first-order chi connectivity index (χ1) is 12.5. The molecule has 0 bridgehead atoms. The van der Waals surface area contributed by atoms with Crippen molar-refractivity contribution in [2.45, 2.75) is 31.8 Å². The molecular formula is C19H23FN4O2. The molecule has 2 amide bonds. The molecule has 2 aromatic rings. The van der Waals surface area contributed by atoms with Crippen molar-refractivity contribution in [2.75, 3.05) is 26.2 Å². The first kappa shape index (κ1) is 17.0. The molecule has 1 saturated heterocycles. The van der Waals surface area contributed by atoms with Crippen LogP contribution < -0.4 is 5.32 Å². The molecule has 1 aliphatic heterocycles. The highest BCUT2D eigenvalue weighted by atomic mass is 19.1. The Bertz CT molecular complexity index is 837. The first-order valence-electron chi connectivity index (χ1n) is 9.13. The SMILES string of the molecule is CC(C(=O)NC1CC1)N1CCN(C(=O)c2cc3cc(F)ccc3[nH]2)CC1. The van der Waals surface area contributed by atoms with Gasteiger partial charge in [-0.25, -0.2) is 4.39 Å². The van der Waals surface area contributed by atoms with E-state index in [4.69, 9.17) is 0 Å². The van der Waals surface area contributed by atoms with Gasteiger partial charge < -0.3 is 15.2 Å². The van der Waals surface area contributed by atoms with Crippen molar-refractivity contribution in [3.8, 4) is 0 Å². The van der Waals surface area contributed by atoms with Crippen LogP contribution >= 0.6 is 0 Å². The van der Waals surface area contributed by atoms with Gasteiger partial charge in [0, 0.05) is 43.1 Å². The smallest absolute Gasteiger partial charge is 0.270 e. The summed E-state index contributed by atoms with van der Waals surface area (Å²) in [7, 11) is 0. The van der Waals surface area contributed by atoms with Crippen molar-refractivity contribution in [1.29, 1.82) is 0 Å². The number of amides is 2. The summed E-state index contributed by atoms with van der Waals surface area (Å²) < 4.78 is 13.3. The van der Waals surface area contributed by atoms with E-state index in [2.05, 4.69) is 15.2 Å². The van der Waals surface area contributed by atoms with Gasteiger partial charge in [0.15, 0.2) is 0 Å². The van der Waals surface area contributed by atoms with E-state index in [-0.39, 0.29) is 23.7 Å². The number of aromatic nitrogens is 1. The molecular weight excluding hydrogens is 335 g/mol. The van der Waals surface area contributed by atoms with Crippen LogP contribution in [0.1, 0.15) is 30.3 Å². The van der Waals surface area contributed by atoms with E-state index in [1.54, 1.807) is 17.0 Å². The van der Waals surface area contributed by atoms with Crippen molar-refractivity contribution in [3.63, 3.8) is 0 Å². The van der Waals surface area contributed by atoms with Gasteiger partial charge in [-0.3, -0.25) is 14.5 Å². The highest BCUT2D eigenvalue weighted by molar-refractivity contribution is 5.98. The van der Waals surface area contributed by atoms with Crippen molar-refractivity contribution in [1.82, 2.24) is 20.1 Å². The number of H-pyrrole nitrogens is 1. The van der Waals surface area contributed by atoms with Crippen LogP contribution in [0.5, 0.6) is 0 Å². The molecule has 26 heavy (non-hydrogen) atoms. The van der Waals surface area contributed by atoms with Crippen LogP contribution in [0.25, 0.3) is 10.9 Å². The van der Waals surface area contributed by atoms with E-state index in [1.165, 1.54) is 12.1 Å². The minimum atomic E-state index is -0.317. The number of fused-ring (bicyclic) bond motifs is 1. The molecule has 4 rings (SSSR count). The van der Waals surface area contributed by atoms with E-state index in [1.807, 2.05) is 6.92 Å². The van der Waals surface area contributed by atoms with Crippen LogP contribution in [0.3, 0.4) is 0 Å². The number of hydrogen-bond acceptors (Lipinski definition) is 3. The average Bonchev–Trinajstić information content (AvgIpc) is 3.36. The maximum Gasteiger partial charge on any atom is 0.270 e. The Labute approximate surface area is 151 Å². The maximum atomic E-state index is 13.3. The Morgan fingerprint density at radius 1 is 1.19 bits per heavy atom. The second-order valence-corrected chi connectivity index (χ2v) is 7.20. The number of carbonyl (C=O) groups excluding carboxylic acids is 2. The maximum absolute atomic E-state index is 13.3. The largest absolute Gasteiger partial charge is 0.352 e. The number of nitrogens with one attached hydrogen (secondary N) is 2. The summed E-state index contributed by atoms with van der Waals surface area (Å²) in [5, 5.41) is 3.73. The average molecular weight is 358 g/mol. The first-order valence-corrected chi connectivity index (χ1v) is 9.13. The predicted octanol–water partition coefficient (Wildman–Crippen LogP) is 1.73. The molecule has 1 aromatic heterocycles. The van der Waals surface area contributed by atoms with Crippen LogP contribution in [0.15, 0.2) is 24.3 Å². The molecule has 1 aromatic carbocycles. The van der Waals surface area contributed by atoms with Crippen LogP contribution in [0.2, 0.25) is 0 Å². The monoisotopic (exact) mass is 358 g/mol. The fourth-order valence-electron chi connectivity index (χ4n) is 3.42. The van der Waals surface area contributed by atoms with Crippen molar-refractivity contribution in [3.05, 3.63) is 35.8 Å². The lowest BCUT2D eigenvalue weighted by Crippen LogP contribution is -2.55. The third kappa shape index (κ3) is 3.44. The summed E-state index contributed by atoms with van der Waals surface area (Å²) in [5.41, 5.74) is 1.22. The second-order valence-electron chi connectivity index (χ2n) is 7.20. The minimum Gasteiger partial charge on any atom is -0.352 e. The minimum absolute atomic E-state index is 0.0740. The van der Waals surface area contributed by atoms with Gasteiger partial charge in [0.1, 0.15) is 11.5 Å². The van der Waals surface area contributed by atoms with Crippen LogP contribution in [-0.4, -0.2) is 64.9 Å². The summed E-state index contributed by atoms with van der Waals surface area (Å²) in [4.78, 5) is 31.9. The zero-order valence-electron chi connectivity index (χ0n) is 14.8. The highest BCUT2D eigenvalue weighted by Crippen LogP contribution is 2.20. The molecule has 1 aliphatic carbocycles. The van der Waals surface area contributed by atoms with E-state index in [9.17, 15) is 14.0 Å². The van der Waals surface area contributed by atoms with Crippen LogP contribution in [-0.2, 0) is 4.79 Å². The summed E-state index contributed by atoms with van der Waals surface area (Å²) >= 11 is 0. The molecule has 1 atom stereocenters. The molecule has 2 heterocycles. The fraction of sp³-hybridized carbons (Fsp3) is 0.474. The van der Waals surface area contributed by atoms with E-state index < -0.39 is 0 Å². The Balaban J connectivity index is 1.37. The quantitative estimate of drug-likeness (QED) is 0.875. The molecule has 138 valence electrons. The molecule has 6 nitrogen and oxygen atoms in total. The van der Waals surface area contributed by atoms with Crippen molar-refractivity contribution < 1.29 is 14.0 Å². The van der Waals surface area contributed by atoms with E-state index >= 15 is 0 Å². The third-order valence-corrected chi connectivity index (χ3v) is 5.27. The van der Waals surface area contributed by atoms with Crippen LogP contribution in [0.4, 0.5) is 4.39 Å². The molecule has 1 saturated carbocycles. The number of benzene rings is 1. The summed E-state index contributed by atoms with van der Waals surface area (Å²) in [6.45, 7) is 4.40. The number of nitrogens with zero attached hydrogens (tertiary/aromatic N) is 2. The number of aromatic amines is 1. The second kappa shape index (κ2) is 6.72. The Morgan fingerprint density at radius 3 is 2.62 bits per heavy atom. The van der Waals surface area contributed by atoms with Gasteiger partial charge in [-0.05, 0) is 44.0 Å². The lowest BCUT2D eigenvalue weighted by atomic mass is 10.2. The van der Waals surface area contributed by atoms with Gasteiger partial charge in [0.05, 0.1) is 6.04 Å². The number of rotatable bonds is 4. The molecule has 2 aliphatic rings. The van der Waals surface area contributed by atoms with Gasteiger partial charge >= 0.3 is 0 Å². The van der Waals surface area contributed by atoms with Crippen LogP contribution in [0, 0.1) is 5.82 Å². The molecule has 2 fully saturated rings. The van der Waals surface area contributed by atoms with Gasteiger partial charge in [0.2, 0.25) is 5.91 Å². The normalized spacial score (nSPS) is 19.5. The number of halogens is 1. The highest BCUT2D eigenvalue weighted by Gasteiger charge is 2.31. The lowest BCUT2D eigenvalue weighted by molar-refractivity contribution is -0.126. The van der Waals surface area contributed by atoms with Gasteiger partial charge in [0.25, 0.3) is 5.91 Å². The molecule has 0 spiro atoms. The number of piperazine rings is 1. The van der Waals surface area contributed by atoms with Crippen molar-refractivity contribution >= 4 is 22.7 Å². The molecule has 0 radical (unpaired) electrons. The third-order valence-electron chi connectivity index (χ3n) is 5.27. The fourth-order valence-corrected chi connectivity index (χ4v) is 3.42. The van der Waals surface area contributed by atoms with Gasteiger partial charge in [-0.1, -0.05) is 0 Å². The predicted molar refractivity (Wildman–Crippen MR) is 96.4 cm³/mol. The zero-order valence-corrected chi connectivity index (χ0v) is 14.8. The summed E-state index contributed by atoms with van der Waals surface area (Å²) in [6, 6.07) is 6.31.